The van der Waals surface area contributed by atoms with Crippen LogP contribution in [0.1, 0.15) is 28.1 Å². The van der Waals surface area contributed by atoms with Gasteiger partial charge in [-0.15, -0.1) is 0 Å². The molecule has 104 valence electrons. The molecule has 0 aliphatic carbocycles. The minimum atomic E-state index is 0.545. The van der Waals surface area contributed by atoms with E-state index in [0.29, 0.717) is 24.4 Å². The van der Waals surface area contributed by atoms with Crippen LogP contribution in [0.25, 0.3) is 0 Å². The minimum Gasteiger partial charge on any atom is -0.495 e. The Kier molecular flexibility index (Phi) is 4.38. The Labute approximate surface area is 118 Å². The highest BCUT2D eigenvalue weighted by Crippen LogP contribution is 2.19. The number of rotatable bonds is 5. The van der Waals surface area contributed by atoms with E-state index in [9.17, 15) is 0 Å². The summed E-state index contributed by atoms with van der Waals surface area (Å²) in [5, 5.41) is 16.3. The molecule has 0 unspecified atom stereocenters. The molecule has 0 atom stereocenters. The molecule has 2 rings (SSSR count). The van der Waals surface area contributed by atoms with Gasteiger partial charge in [-0.2, -0.15) is 5.26 Å². The molecule has 5 heteroatoms. The maximum absolute atomic E-state index is 9.05. The fraction of sp³-hybridized carbons (Fsp3) is 0.333. The smallest absolute Gasteiger partial charge is 0.138 e. The van der Waals surface area contributed by atoms with E-state index in [1.807, 2.05) is 32.0 Å². The Bertz CT molecular complexity index is 622. The van der Waals surface area contributed by atoms with Crippen molar-refractivity contribution < 1.29 is 9.26 Å². The third-order valence-corrected chi connectivity index (χ3v) is 3.20. The molecule has 0 saturated carbocycles. The maximum Gasteiger partial charge on any atom is 0.138 e. The summed E-state index contributed by atoms with van der Waals surface area (Å²) < 4.78 is 10.2. The second-order valence-corrected chi connectivity index (χ2v) is 4.55. The number of hydrogen-bond acceptors (Lipinski definition) is 5. The van der Waals surface area contributed by atoms with Crippen molar-refractivity contribution in [2.75, 3.05) is 7.11 Å². The first-order valence-corrected chi connectivity index (χ1v) is 6.35. The second kappa shape index (κ2) is 6.22. The molecule has 0 aliphatic rings. The lowest BCUT2D eigenvalue weighted by atomic mass is 10.1. The van der Waals surface area contributed by atoms with Crippen LogP contribution >= 0.6 is 0 Å². The normalized spacial score (nSPS) is 10.3. The Morgan fingerprint density at radius 3 is 2.75 bits per heavy atom. The number of aromatic nitrogens is 1. The van der Waals surface area contributed by atoms with Crippen molar-refractivity contribution in [1.82, 2.24) is 10.5 Å². The first kappa shape index (κ1) is 14.1. The van der Waals surface area contributed by atoms with Crippen LogP contribution in [0.3, 0.4) is 0 Å². The molecule has 0 spiro atoms. The summed E-state index contributed by atoms with van der Waals surface area (Å²) in [7, 11) is 1.56. The van der Waals surface area contributed by atoms with Crippen LogP contribution in [0.15, 0.2) is 22.7 Å². The average Bonchev–Trinajstić information content (AvgIpc) is 2.78. The second-order valence-electron chi connectivity index (χ2n) is 4.55. The molecule has 0 radical (unpaired) electrons. The quantitative estimate of drug-likeness (QED) is 0.904. The lowest BCUT2D eigenvalue weighted by molar-refractivity contribution is 0.392. The molecule has 5 nitrogen and oxygen atoms in total. The van der Waals surface area contributed by atoms with Gasteiger partial charge in [0.15, 0.2) is 0 Å². The summed E-state index contributed by atoms with van der Waals surface area (Å²) in [5.74, 6) is 1.43. The zero-order chi connectivity index (χ0) is 14.5. The van der Waals surface area contributed by atoms with Gasteiger partial charge in [0, 0.05) is 18.7 Å². The maximum atomic E-state index is 9.05. The lowest BCUT2D eigenvalue weighted by Gasteiger charge is -2.07. The highest BCUT2D eigenvalue weighted by atomic mass is 16.5. The van der Waals surface area contributed by atoms with E-state index in [1.54, 1.807) is 7.11 Å². The SMILES string of the molecule is COc1ccc(CNCc2c(C)noc2C)cc1C#N. The van der Waals surface area contributed by atoms with Crippen molar-refractivity contribution in [3.05, 3.63) is 46.3 Å². The van der Waals surface area contributed by atoms with E-state index in [-0.39, 0.29) is 0 Å². The molecule has 2 aromatic rings. The molecule has 0 fully saturated rings. The number of methoxy groups -OCH3 is 1. The van der Waals surface area contributed by atoms with Crippen LogP contribution in [-0.4, -0.2) is 12.3 Å². The molecular formula is C15H17N3O2. The van der Waals surface area contributed by atoms with Crippen LogP contribution in [-0.2, 0) is 13.1 Å². The molecule has 0 bridgehead atoms. The summed E-state index contributed by atoms with van der Waals surface area (Å²) in [6.07, 6.45) is 0. The van der Waals surface area contributed by atoms with Gasteiger partial charge in [0.25, 0.3) is 0 Å². The van der Waals surface area contributed by atoms with Crippen molar-refractivity contribution >= 4 is 0 Å². The van der Waals surface area contributed by atoms with Crippen molar-refractivity contribution in [3.8, 4) is 11.8 Å². The van der Waals surface area contributed by atoms with E-state index < -0.39 is 0 Å². The number of ether oxygens (including phenoxy) is 1. The third kappa shape index (κ3) is 2.98. The zero-order valence-electron chi connectivity index (χ0n) is 11.9. The molecule has 0 aliphatic heterocycles. The van der Waals surface area contributed by atoms with Crippen molar-refractivity contribution in [2.45, 2.75) is 26.9 Å². The predicted molar refractivity (Wildman–Crippen MR) is 74.2 cm³/mol. The van der Waals surface area contributed by atoms with Gasteiger partial charge in [0.05, 0.1) is 18.4 Å². The fourth-order valence-corrected chi connectivity index (χ4v) is 2.04. The highest BCUT2D eigenvalue weighted by Gasteiger charge is 2.08. The molecular weight excluding hydrogens is 254 g/mol. The predicted octanol–water partition coefficient (Wildman–Crippen LogP) is 2.46. The molecule has 1 heterocycles. The van der Waals surface area contributed by atoms with E-state index in [1.165, 1.54) is 0 Å². The number of benzene rings is 1. The fourth-order valence-electron chi connectivity index (χ4n) is 2.04. The van der Waals surface area contributed by atoms with Gasteiger partial charge in [-0.25, -0.2) is 0 Å². The van der Waals surface area contributed by atoms with Gasteiger partial charge in [0.2, 0.25) is 0 Å². The Morgan fingerprint density at radius 2 is 2.15 bits per heavy atom. The summed E-state index contributed by atoms with van der Waals surface area (Å²) in [6.45, 7) is 5.19. The van der Waals surface area contributed by atoms with E-state index in [4.69, 9.17) is 14.5 Å². The molecule has 0 amide bonds. The number of nitrogens with zero attached hydrogens (tertiary/aromatic N) is 2. The van der Waals surface area contributed by atoms with E-state index >= 15 is 0 Å². The van der Waals surface area contributed by atoms with Crippen LogP contribution in [0, 0.1) is 25.2 Å². The average molecular weight is 271 g/mol. The van der Waals surface area contributed by atoms with E-state index in [0.717, 1.165) is 22.6 Å². The first-order chi connectivity index (χ1) is 9.65. The largest absolute Gasteiger partial charge is 0.495 e. The van der Waals surface area contributed by atoms with E-state index in [2.05, 4.69) is 16.5 Å². The van der Waals surface area contributed by atoms with Gasteiger partial charge in [-0.1, -0.05) is 11.2 Å². The number of aryl methyl sites for hydroxylation is 2. The number of nitriles is 1. The molecule has 1 N–H and O–H groups in total. The minimum absolute atomic E-state index is 0.545. The summed E-state index contributed by atoms with van der Waals surface area (Å²) in [5.41, 5.74) is 3.57. The van der Waals surface area contributed by atoms with Gasteiger partial charge in [-0.3, -0.25) is 0 Å². The topological polar surface area (TPSA) is 71.1 Å². The van der Waals surface area contributed by atoms with Crippen LogP contribution in [0.2, 0.25) is 0 Å². The lowest BCUT2D eigenvalue weighted by Crippen LogP contribution is -2.13. The standard InChI is InChI=1S/C15H17N3O2/c1-10-14(11(2)20-18-10)9-17-8-12-4-5-15(19-3)13(6-12)7-16/h4-6,17H,8-9H2,1-3H3. The van der Waals surface area contributed by atoms with Gasteiger partial charge < -0.3 is 14.6 Å². The van der Waals surface area contributed by atoms with Crippen LogP contribution < -0.4 is 10.1 Å². The molecule has 20 heavy (non-hydrogen) atoms. The van der Waals surface area contributed by atoms with Crippen LogP contribution in [0.4, 0.5) is 0 Å². The zero-order valence-corrected chi connectivity index (χ0v) is 11.9. The molecule has 1 aromatic heterocycles. The van der Waals surface area contributed by atoms with Gasteiger partial charge >= 0.3 is 0 Å². The summed E-state index contributed by atoms with van der Waals surface area (Å²) >= 11 is 0. The third-order valence-electron chi connectivity index (χ3n) is 3.20. The van der Waals surface area contributed by atoms with Gasteiger partial charge in [0.1, 0.15) is 17.6 Å². The monoisotopic (exact) mass is 271 g/mol. The number of hydrogen-bond donors (Lipinski definition) is 1. The van der Waals surface area contributed by atoms with Crippen molar-refractivity contribution in [1.29, 1.82) is 5.26 Å². The van der Waals surface area contributed by atoms with Gasteiger partial charge in [-0.05, 0) is 31.5 Å². The highest BCUT2D eigenvalue weighted by molar-refractivity contribution is 5.45. The van der Waals surface area contributed by atoms with Crippen LogP contribution in [0.5, 0.6) is 5.75 Å². The Hall–Kier alpha value is -2.32. The summed E-state index contributed by atoms with van der Waals surface area (Å²) in [4.78, 5) is 0. The first-order valence-electron chi connectivity index (χ1n) is 6.35. The van der Waals surface area contributed by atoms with Crippen molar-refractivity contribution in [3.63, 3.8) is 0 Å². The van der Waals surface area contributed by atoms with Crippen molar-refractivity contribution in [2.24, 2.45) is 0 Å². The number of nitrogens with one attached hydrogen (secondary N) is 1. The molecule has 0 saturated heterocycles. The Morgan fingerprint density at radius 1 is 1.35 bits per heavy atom. The Balaban J connectivity index is 2.00. The summed E-state index contributed by atoms with van der Waals surface area (Å²) in [6, 6.07) is 7.72. The molecule has 1 aromatic carbocycles.